The van der Waals surface area contributed by atoms with Crippen molar-refractivity contribution in [2.45, 2.75) is 52.1 Å². The van der Waals surface area contributed by atoms with Crippen LogP contribution in [-0.2, 0) is 37.5 Å². The van der Waals surface area contributed by atoms with Crippen molar-refractivity contribution in [1.29, 1.82) is 10.5 Å². The average Bonchev–Trinajstić information content (AvgIpc) is 3.00. The second kappa shape index (κ2) is 30.3. The molecule has 0 aromatic carbocycles. The van der Waals surface area contributed by atoms with Crippen LogP contribution < -0.4 is 0 Å². The van der Waals surface area contributed by atoms with Gasteiger partial charge >= 0.3 is 39.0 Å². The van der Waals surface area contributed by atoms with Crippen LogP contribution in [0.2, 0.25) is 0 Å². The molecular weight excluding hydrogens is 1010 g/mol. The van der Waals surface area contributed by atoms with Gasteiger partial charge in [0.2, 0.25) is 0 Å². The van der Waals surface area contributed by atoms with E-state index >= 15 is 0 Å². The molecule has 0 rings (SSSR count). The summed E-state index contributed by atoms with van der Waals surface area (Å²) < 4.78 is 19.2. The van der Waals surface area contributed by atoms with Crippen LogP contribution in [0.1, 0.15) is 46.0 Å². The number of nitriles is 2. The van der Waals surface area contributed by atoms with Crippen LogP contribution in [-0.4, -0.2) is 70.0 Å². The van der Waals surface area contributed by atoms with Gasteiger partial charge in [-0.2, -0.15) is 10.5 Å². The van der Waals surface area contributed by atoms with Crippen molar-refractivity contribution in [3.8, 4) is 12.1 Å². The van der Waals surface area contributed by atoms with Gasteiger partial charge in [0.25, 0.3) is 16.2 Å². The molecule has 0 spiro atoms. The molecule has 0 aromatic rings. The van der Waals surface area contributed by atoms with E-state index < -0.39 is 41.9 Å². The van der Waals surface area contributed by atoms with Crippen LogP contribution in [0.3, 0.4) is 0 Å². The van der Waals surface area contributed by atoms with Gasteiger partial charge in [-0.3, -0.25) is 9.59 Å². The molecule has 0 aliphatic rings. The minimum absolute atomic E-state index is 0.126. The molecule has 0 aliphatic carbocycles. The van der Waals surface area contributed by atoms with E-state index in [1.165, 1.54) is 12.8 Å². The minimum atomic E-state index is -2.13. The first-order chi connectivity index (χ1) is 22.0. The van der Waals surface area contributed by atoms with Crippen LogP contribution >= 0.6 is 84.5 Å². The maximum Gasteiger partial charge on any atom is 0.426 e. The molecule has 0 aromatic heterocycles. The fourth-order valence-electron chi connectivity index (χ4n) is 1.99. The molecule has 48 heavy (non-hydrogen) atoms. The Morgan fingerprint density at radius 2 is 1.29 bits per heavy atom. The van der Waals surface area contributed by atoms with Crippen molar-refractivity contribution < 1.29 is 37.5 Å². The predicted octanol–water partition coefficient (Wildman–Crippen LogP) is 8.49. The number of nitrogens with zero attached hydrogens (tertiary/aromatic N) is 4. The Kier molecular flexibility index (Phi) is 33.6. The number of hydrogen-bond acceptors (Lipinski definition) is 10. The van der Waals surface area contributed by atoms with Crippen LogP contribution in [0.4, 0.5) is 0 Å². The highest BCUT2D eigenvalue weighted by atomic mass is 127. The van der Waals surface area contributed by atoms with Crippen LogP contribution in [0.15, 0.2) is 48.9 Å². The normalized spacial score (nSPS) is 12.7. The summed E-state index contributed by atoms with van der Waals surface area (Å²) in [5.41, 5.74) is -0.760. The van der Waals surface area contributed by atoms with Crippen molar-refractivity contribution in [1.82, 2.24) is 0 Å². The van der Waals surface area contributed by atoms with E-state index in [1.807, 2.05) is 73.4 Å². The van der Waals surface area contributed by atoms with Crippen LogP contribution in [0.5, 0.6) is 0 Å². The Bertz CT molecular complexity index is 1280. The topological polar surface area (TPSA) is 162 Å². The van der Waals surface area contributed by atoms with Gasteiger partial charge in [0.05, 0.1) is 40.6 Å². The molecule has 0 bridgehead atoms. The largest absolute Gasteiger partial charge is 0.460 e. The summed E-state index contributed by atoms with van der Waals surface area (Å²) in [4.78, 5) is 50.9. The summed E-state index contributed by atoms with van der Waals surface area (Å²) in [6, 6.07) is 3.25. The fourth-order valence-corrected chi connectivity index (χ4v) is 4.67. The maximum atomic E-state index is 11.1. The molecule has 0 aliphatic heterocycles. The lowest BCUT2D eigenvalue weighted by Crippen LogP contribution is -2.15. The predicted molar refractivity (Wildman–Crippen MR) is 221 cm³/mol. The highest BCUT2D eigenvalue weighted by molar-refractivity contribution is 14.2. The first-order valence-electron chi connectivity index (χ1n) is 13.0. The number of rotatable bonds is 14. The quantitative estimate of drug-likeness (QED) is 0.0241. The number of ether oxygens (including phenoxy) is 1. The van der Waals surface area contributed by atoms with E-state index in [0.29, 0.717) is 0 Å². The molecule has 5 radical (unpaired) electrons. The molecule has 0 saturated carbocycles. The van der Waals surface area contributed by atoms with Crippen molar-refractivity contribution in [2.75, 3.05) is 20.0 Å². The summed E-state index contributed by atoms with van der Waals surface area (Å²) in [6.45, 7) is 34.8. The zero-order valence-electron chi connectivity index (χ0n) is 27.2. The number of carbonyl (C=O) groups excluding carboxylic acids is 4. The van der Waals surface area contributed by atoms with Gasteiger partial charge < -0.3 is 18.3 Å². The second-order valence-corrected chi connectivity index (χ2v) is 27.4. The van der Waals surface area contributed by atoms with Gasteiger partial charge in [-0.05, 0) is 26.4 Å². The standard InChI is InChI=1S/C12H19NO2.3C5H5BINO2P/c1-4-5-6-7-8-11(3)15-12(14)10(2)9-13;1-4(8-2)5(9)10-11(3,6)7;1-4(8-2)5(9)10-11(3)6-7;1-4(3-8)5(9)10-11(2,6)7/h11H,2,4-8H2,1,3H3;2*1H2,3H3;1H2,2H3/q;+1;;+1. The molecule has 4 unspecified atom stereocenters. The molecular formula is C27H34B3I3N4O8P3+2. The van der Waals surface area contributed by atoms with E-state index in [-0.39, 0.29) is 28.6 Å². The van der Waals surface area contributed by atoms with Gasteiger partial charge in [0.15, 0.2) is 54.1 Å². The smallest absolute Gasteiger partial charge is 0.426 e. The molecule has 4 atom stereocenters. The van der Waals surface area contributed by atoms with Crippen LogP contribution in [0.25, 0.3) is 9.69 Å². The molecule has 0 saturated heterocycles. The van der Waals surface area contributed by atoms with Crippen LogP contribution in [0, 0.1) is 35.8 Å². The first-order valence-corrected chi connectivity index (χ1v) is 26.1. The van der Waals surface area contributed by atoms with Gasteiger partial charge in [-0.15, -0.1) is 22.4 Å². The Balaban J connectivity index is -0.000000272. The second-order valence-electron chi connectivity index (χ2n) is 8.91. The number of unbranched alkanes of at least 4 members (excludes halogenated alkanes) is 3. The van der Waals surface area contributed by atoms with Gasteiger partial charge in [0, 0.05) is 0 Å². The van der Waals surface area contributed by atoms with Crippen molar-refractivity contribution in [3.05, 3.63) is 71.7 Å². The molecule has 0 heterocycles. The monoisotopic (exact) mass is 1050 g/mol. The minimum Gasteiger partial charge on any atom is -0.460 e. The molecule has 0 fully saturated rings. The zero-order valence-corrected chi connectivity index (χ0v) is 36.4. The van der Waals surface area contributed by atoms with Gasteiger partial charge in [-0.25, -0.2) is 19.3 Å². The van der Waals surface area contributed by atoms with Gasteiger partial charge in [0.1, 0.15) is 23.3 Å². The van der Waals surface area contributed by atoms with Crippen molar-refractivity contribution in [3.63, 3.8) is 0 Å². The van der Waals surface area contributed by atoms with Gasteiger partial charge in [-0.1, -0.05) is 52.5 Å². The zero-order chi connectivity index (χ0) is 38.7. The van der Waals surface area contributed by atoms with Crippen molar-refractivity contribution >= 4 is 128 Å². The lowest BCUT2D eigenvalue weighted by atomic mass is 10.1. The van der Waals surface area contributed by atoms with E-state index in [4.69, 9.17) is 57.1 Å². The number of esters is 1. The molecule has 0 amide bonds. The lowest BCUT2D eigenvalue weighted by Gasteiger charge is -2.11. The Morgan fingerprint density at radius 1 is 0.875 bits per heavy atom. The molecule has 0 N–H and O–H groups in total. The van der Waals surface area contributed by atoms with E-state index in [1.54, 1.807) is 37.0 Å². The Morgan fingerprint density at radius 3 is 1.67 bits per heavy atom. The lowest BCUT2D eigenvalue weighted by molar-refractivity contribution is -0.143. The number of halogens is 3. The van der Waals surface area contributed by atoms with Crippen molar-refractivity contribution in [2.24, 2.45) is 0 Å². The van der Waals surface area contributed by atoms with E-state index in [0.717, 1.165) is 19.3 Å². The summed E-state index contributed by atoms with van der Waals surface area (Å²) in [7, 11) is 10.0. The number of hydrogen-bond donors (Lipinski definition) is 0. The fraction of sp³-hybridized carbons (Fsp3) is 0.407. The highest BCUT2D eigenvalue weighted by Crippen LogP contribution is 2.60. The Hall–Kier alpha value is -1.53. The third-order valence-corrected chi connectivity index (χ3v) is 9.47. The van der Waals surface area contributed by atoms with E-state index in [9.17, 15) is 19.2 Å². The maximum absolute atomic E-state index is 11.1. The first kappa shape index (κ1) is 53.3. The molecule has 21 heteroatoms. The average molecular weight is 1050 g/mol. The summed E-state index contributed by atoms with van der Waals surface area (Å²) >= 11 is 5.68. The summed E-state index contributed by atoms with van der Waals surface area (Å²) in [5, 5.41) is 12.4. The third-order valence-electron chi connectivity index (χ3n) is 4.16. The highest BCUT2D eigenvalue weighted by Gasteiger charge is 2.30. The summed E-state index contributed by atoms with van der Waals surface area (Å²) in [5.74, 6) is -2.69. The Labute approximate surface area is 329 Å². The molecule has 12 nitrogen and oxygen atoms in total. The SMILES string of the molecule is C=C(C#N)C(=O)OC(C)CCCCCC.[B][P+](C)(I)OC(=O)C(=C)C#N.[B][P+](C)(I)OC(=O)C(=C)[N+]#[C-].[C-]#[N+]C(=C)C(=O)OP(C)[B]I. The number of carbonyl (C=O) groups is 4. The van der Waals surface area contributed by atoms with E-state index in [2.05, 4.69) is 42.9 Å². The summed E-state index contributed by atoms with van der Waals surface area (Å²) in [6.07, 6.45) is 5.35. The molecule has 253 valence electrons. The third kappa shape index (κ3) is 35.8.